The van der Waals surface area contributed by atoms with E-state index in [0.717, 1.165) is 51.1 Å². The Bertz CT molecular complexity index is 1280. The van der Waals surface area contributed by atoms with Crippen LogP contribution in [0.25, 0.3) is 22.2 Å². The smallest absolute Gasteiger partial charge is 0.320 e. The van der Waals surface area contributed by atoms with Crippen molar-refractivity contribution in [2.24, 2.45) is 0 Å². The van der Waals surface area contributed by atoms with Crippen LogP contribution in [0.5, 0.6) is 0 Å². The van der Waals surface area contributed by atoms with Gasteiger partial charge in [0, 0.05) is 54.6 Å². The highest BCUT2D eigenvalue weighted by Crippen LogP contribution is 2.50. The standard InChI is InChI=1S/C28H33N5O/c1-18-15-30-26-22(18)14-21(16-31-26)20-12-19-5-11-32(27(34)33-10-3-6-28(33)7-8-28)17-24(19)23(13-20)25-4-2-9-29-25/h12-16,25,29H,2-11,17H2,1H3,(H,30,31)/t25-/m0/s1. The molecule has 0 unspecified atom stereocenters. The van der Waals surface area contributed by atoms with Gasteiger partial charge >= 0.3 is 6.03 Å². The monoisotopic (exact) mass is 455 g/mol. The number of amides is 2. The fourth-order valence-corrected chi connectivity index (χ4v) is 6.65. The summed E-state index contributed by atoms with van der Waals surface area (Å²) in [5.74, 6) is 0. The highest BCUT2D eigenvalue weighted by molar-refractivity contribution is 5.85. The number of aromatic amines is 1. The Morgan fingerprint density at radius 2 is 2.03 bits per heavy atom. The fraction of sp³-hybridized carbons (Fsp3) is 0.500. The SMILES string of the molecule is Cc1c[nH]c2ncc(-c3cc4c(c([C@@H]5CCCN5)c3)CN(C(=O)N3CCCC35CC5)CC4)cc12. The van der Waals surface area contributed by atoms with E-state index in [4.69, 9.17) is 0 Å². The van der Waals surface area contributed by atoms with Crippen molar-refractivity contribution in [2.75, 3.05) is 19.6 Å². The molecule has 2 N–H and O–H groups in total. The minimum atomic E-state index is 0.207. The van der Waals surface area contributed by atoms with Gasteiger partial charge in [-0.3, -0.25) is 0 Å². The van der Waals surface area contributed by atoms with Gasteiger partial charge in [-0.15, -0.1) is 0 Å². The maximum Gasteiger partial charge on any atom is 0.320 e. The molecule has 2 amide bonds. The Kier molecular flexibility index (Phi) is 4.57. The molecule has 2 saturated heterocycles. The molecule has 0 radical (unpaired) electrons. The molecule has 6 heteroatoms. The molecule has 176 valence electrons. The van der Waals surface area contributed by atoms with Gasteiger partial charge in [0.25, 0.3) is 0 Å². The molecule has 3 aromatic rings. The number of carbonyl (C=O) groups excluding carboxylic acids is 1. The van der Waals surface area contributed by atoms with Crippen molar-refractivity contribution in [3.8, 4) is 11.1 Å². The van der Waals surface area contributed by atoms with E-state index in [0.29, 0.717) is 6.04 Å². The van der Waals surface area contributed by atoms with Gasteiger partial charge in [-0.1, -0.05) is 6.07 Å². The number of nitrogens with one attached hydrogen (secondary N) is 2. The van der Waals surface area contributed by atoms with E-state index in [1.165, 1.54) is 64.5 Å². The molecule has 0 bridgehead atoms. The van der Waals surface area contributed by atoms with Gasteiger partial charge in [0.15, 0.2) is 0 Å². The molecule has 3 aliphatic heterocycles. The number of rotatable bonds is 2. The Morgan fingerprint density at radius 3 is 2.85 bits per heavy atom. The molecule has 5 heterocycles. The number of carbonyl (C=O) groups is 1. The number of aryl methyl sites for hydroxylation is 1. The number of urea groups is 1. The summed E-state index contributed by atoms with van der Waals surface area (Å²) in [5, 5.41) is 4.91. The molecule has 3 fully saturated rings. The number of H-pyrrole nitrogens is 1. The first-order valence-corrected chi connectivity index (χ1v) is 13.0. The molecule has 34 heavy (non-hydrogen) atoms. The minimum absolute atomic E-state index is 0.207. The first-order valence-electron chi connectivity index (χ1n) is 13.0. The average molecular weight is 456 g/mol. The third-order valence-electron chi connectivity index (χ3n) is 8.81. The van der Waals surface area contributed by atoms with Crippen molar-refractivity contribution in [3.05, 3.63) is 52.8 Å². The molecule has 1 spiro atoms. The highest BCUT2D eigenvalue weighted by Gasteiger charge is 2.53. The maximum absolute atomic E-state index is 13.5. The molecule has 4 aliphatic rings. The van der Waals surface area contributed by atoms with E-state index in [9.17, 15) is 4.79 Å². The summed E-state index contributed by atoms with van der Waals surface area (Å²) in [7, 11) is 0. The first-order chi connectivity index (χ1) is 16.6. The summed E-state index contributed by atoms with van der Waals surface area (Å²) in [6, 6.07) is 7.64. The lowest BCUT2D eigenvalue weighted by atomic mass is 9.87. The quantitative estimate of drug-likeness (QED) is 0.567. The molecular weight excluding hydrogens is 422 g/mol. The average Bonchev–Trinajstić information content (AvgIpc) is 3.21. The van der Waals surface area contributed by atoms with Crippen LogP contribution in [0.4, 0.5) is 4.79 Å². The van der Waals surface area contributed by atoms with Gasteiger partial charge in [0.1, 0.15) is 5.65 Å². The summed E-state index contributed by atoms with van der Waals surface area (Å²) < 4.78 is 0. The molecule has 7 rings (SSSR count). The predicted octanol–water partition coefficient (Wildman–Crippen LogP) is 5.07. The van der Waals surface area contributed by atoms with Crippen LogP contribution in [-0.2, 0) is 13.0 Å². The summed E-state index contributed by atoms with van der Waals surface area (Å²) in [6.07, 6.45) is 12.1. The Balaban J connectivity index is 1.26. The number of hydrogen-bond donors (Lipinski definition) is 2. The van der Waals surface area contributed by atoms with Crippen molar-refractivity contribution in [1.82, 2.24) is 25.1 Å². The van der Waals surface area contributed by atoms with Crippen molar-refractivity contribution < 1.29 is 4.79 Å². The number of likely N-dealkylation sites (tertiary alicyclic amines) is 1. The van der Waals surface area contributed by atoms with E-state index < -0.39 is 0 Å². The van der Waals surface area contributed by atoms with Gasteiger partial charge in [-0.2, -0.15) is 0 Å². The van der Waals surface area contributed by atoms with Crippen LogP contribution in [-0.4, -0.2) is 51.0 Å². The lowest BCUT2D eigenvalue weighted by Crippen LogP contribution is -2.48. The summed E-state index contributed by atoms with van der Waals surface area (Å²) in [6.45, 7) is 5.68. The molecule has 1 aromatic carbocycles. The second-order valence-electron chi connectivity index (χ2n) is 10.9. The fourth-order valence-electron chi connectivity index (χ4n) is 6.65. The predicted molar refractivity (Wildman–Crippen MR) is 134 cm³/mol. The van der Waals surface area contributed by atoms with Crippen molar-refractivity contribution in [3.63, 3.8) is 0 Å². The maximum atomic E-state index is 13.5. The number of benzene rings is 1. The Labute approximate surface area is 200 Å². The van der Waals surface area contributed by atoms with Gasteiger partial charge in [0.2, 0.25) is 0 Å². The molecule has 2 aromatic heterocycles. The van der Waals surface area contributed by atoms with Crippen molar-refractivity contribution in [1.29, 1.82) is 0 Å². The highest BCUT2D eigenvalue weighted by atomic mass is 16.2. The lowest BCUT2D eigenvalue weighted by molar-refractivity contribution is 0.138. The Morgan fingerprint density at radius 1 is 1.12 bits per heavy atom. The molecule has 1 saturated carbocycles. The number of nitrogens with zero attached hydrogens (tertiary/aromatic N) is 3. The Hall–Kier alpha value is -2.86. The minimum Gasteiger partial charge on any atom is -0.346 e. The normalized spacial score (nSPS) is 23.1. The summed E-state index contributed by atoms with van der Waals surface area (Å²) in [5.41, 5.74) is 8.95. The number of pyridine rings is 1. The first kappa shape index (κ1) is 20.5. The lowest BCUT2D eigenvalue weighted by Gasteiger charge is -2.36. The number of fused-ring (bicyclic) bond motifs is 2. The zero-order valence-electron chi connectivity index (χ0n) is 20.0. The van der Waals surface area contributed by atoms with Crippen molar-refractivity contribution >= 4 is 17.1 Å². The molecular formula is C28H33N5O. The van der Waals surface area contributed by atoms with Crippen LogP contribution in [0.15, 0.2) is 30.6 Å². The van der Waals surface area contributed by atoms with Crippen molar-refractivity contribution in [2.45, 2.75) is 70.0 Å². The topological polar surface area (TPSA) is 64.3 Å². The van der Waals surface area contributed by atoms with Crippen LogP contribution < -0.4 is 5.32 Å². The van der Waals surface area contributed by atoms with Crippen LogP contribution in [0, 0.1) is 6.92 Å². The van der Waals surface area contributed by atoms with E-state index in [1.54, 1.807) is 0 Å². The van der Waals surface area contributed by atoms with Gasteiger partial charge < -0.3 is 20.1 Å². The second-order valence-corrected chi connectivity index (χ2v) is 10.9. The molecule has 1 atom stereocenters. The third kappa shape index (κ3) is 3.18. The number of aromatic nitrogens is 2. The summed E-state index contributed by atoms with van der Waals surface area (Å²) in [4.78, 5) is 25.8. The molecule has 1 aliphatic carbocycles. The van der Waals surface area contributed by atoms with E-state index in [2.05, 4.69) is 50.2 Å². The molecule has 6 nitrogen and oxygen atoms in total. The zero-order valence-corrected chi connectivity index (χ0v) is 20.0. The van der Waals surface area contributed by atoms with Crippen LogP contribution in [0.2, 0.25) is 0 Å². The van der Waals surface area contributed by atoms with Gasteiger partial charge in [0.05, 0.1) is 0 Å². The second kappa shape index (κ2) is 7.57. The van der Waals surface area contributed by atoms with E-state index in [1.807, 2.05) is 12.4 Å². The van der Waals surface area contributed by atoms with Gasteiger partial charge in [-0.05, 0) is 98.4 Å². The van der Waals surface area contributed by atoms with E-state index in [-0.39, 0.29) is 11.6 Å². The van der Waals surface area contributed by atoms with Crippen LogP contribution >= 0.6 is 0 Å². The number of hydrogen-bond acceptors (Lipinski definition) is 3. The van der Waals surface area contributed by atoms with Crippen LogP contribution in [0.3, 0.4) is 0 Å². The zero-order chi connectivity index (χ0) is 22.9. The van der Waals surface area contributed by atoms with Gasteiger partial charge in [-0.25, -0.2) is 9.78 Å². The summed E-state index contributed by atoms with van der Waals surface area (Å²) >= 11 is 0. The third-order valence-corrected chi connectivity index (χ3v) is 8.81. The van der Waals surface area contributed by atoms with E-state index >= 15 is 0 Å². The van der Waals surface area contributed by atoms with Crippen LogP contribution in [0.1, 0.15) is 66.8 Å². The largest absolute Gasteiger partial charge is 0.346 e.